The van der Waals surface area contributed by atoms with E-state index in [-0.39, 0.29) is 29.1 Å². The zero-order valence-corrected chi connectivity index (χ0v) is 12.5. The van der Waals surface area contributed by atoms with Crippen LogP contribution in [-0.4, -0.2) is 38.4 Å². The van der Waals surface area contributed by atoms with Crippen molar-refractivity contribution in [2.24, 2.45) is 14.1 Å². The van der Waals surface area contributed by atoms with Gasteiger partial charge in [0.05, 0.1) is 6.61 Å². The minimum Gasteiger partial charge on any atom is -0.395 e. The summed E-state index contributed by atoms with van der Waals surface area (Å²) in [6.45, 7) is 2.47. The van der Waals surface area contributed by atoms with Gasteiger partial charge >= 0.3 is 5.69 Å². The molecule has 1 aromatic rings. The molecule has 0 aliphatic heterocycles. The van der Waals surface area contributed by atoms with Crippen LogP contribution in [0.1, 0.15) is 12.6 Å². The number of nitrogens with zero attached hydrogens (tertiary/aromatic N) is 2. The van der Waals surface area contributed by atoms with E-state index in [4.69, 9.17) is 0 Å². The standard InChI is InChI=1S/C12H21N3O3S/c1-8(10(7-16)19-4)13-6-9-5-11(17)15(3)12(18)14(9)2/h5,8,10,13,16H,6-7H2,1-4H3. The van der Waals surface area contributed by atoms with E-state index in [1.54, 1.807) is 18.8 Å². The fourth-order valence-corrected chi connectivity index (χ4v) is 2.44. The van der Waals surface area contributed by atoms with E-state index in [1.165, 1.54) is 17.7 Å². The van der Waals surface area contributed by atoms with Crippen LogP contribution in [-0.2, 0) is 20.6 Å². The first kappa shape index (κ1) is 16.0. The van der Waals surface area contributed by atoms with Crippen LogP contribution in [0.2, 0.25) is 0 Å². The Morgan fingerprint density at radius 1 is 1.37 bits per heavy atom. The van der Waals surface area contributed by atoms with Gasteiger partial charge in [0.15, 0.2) is 0 Å². The van der Waals surface area contributed by atoms with Crippen molar-refractivity contribution in [3.8, 4) is 0 Å². The van der Waals surface area contributed by atoms with E-state index < -0.39 is 0 Å². The van der Waals surface area contributed by atoms with E-state index in [0.717, 1.165) is 4.57 Å². The SMILES string of the molecule is CSC(CO)C(C)NCc1cc(=O)n(C)c(=O)n1C. The summed E-state index contributed by atoms with van der Waals surface area (Å²) in [4.78, 5) is 23.3. The van der Waals surface area contributed by atoms with Crippen molar-refractivity contribution >= 4 is 11.8 Å². The van der Waals surface area contributed by atoms with E-state index in [2.05, 4.69) is 5.32 Å². The first-order valence-corrected chi connectivity index (χ1v) is 7.34. The molecule has 108 valence electrons. The molecule has 2 N–H and O–H groups in total. The molecule has 1 rings (SSSR count). The predicted molar refractivity (Wildman–Crippen MR) is 77.6 cm³/mol. The van der Waals surface area contributed by atoms with Crippen LogP contribution in [0.15, 0.2) is 15.7 Å². The van der Waals surface area contributed by atoms with Gasteiger partial charge in [0.1, 0.15) is 0 Å². The average molecular weight is 287 g/mol. The van der Waals surface area contributed by atoms with Gasteiger partial charge in [-0.3, -0.25) is 13.9 Å². The number of rotatable bonds is 6. The van der Waals surface area contributed by atoms with E-state index in [1.807, 2.05) is 13.2 Å². The fourth-order valence-electron chi connectivity index (χ4n) is 1.78. The summed E-state index contributed by atoms with van der Waals surface area (Å²) in [5.41, 5.74) is -0.00519. The first-order valence-electron chi connectivity index (χ1n) is 6.05. The number of nitrogens with one attached hydrogen (secondary N) is 1. The number of aliphatic hydroxyl groups excluding tert-OH is 1. The van der Waals surface area contributed by atoms with Gasteiger partial charge in [-0.1, -0.05) is 0 Å². The summed E-state index contributed by atoms with van der Waals surface area (Å²) in [5, 5.41) is 12.5. The Labute approximate surface area is 116 Å². The molecule has 0 aliphatic rings. The van der Waals surface area contributed by atoms with Gasteiger partial charge in [-0.2, -0.15) is 11.8 Å². The molecule has 1 aromatic heterocycles. The first-order chi connectivity index (χ1) is 8.92. The lowest BCUT2D eigenvalue weighted by Gasteiger charge is -2.22. The van der Waals surface area contributed by atoms with E-state index in [0.29, 0.717) is 12.2 Å². The molecule has 0 bridgehead atoms. The summed E-state index contributed by atoms with van der Waals surface area (Å²) in [7, 11) is 3.10. The molecule has 0 saturated heterocycles. The third-order valence-electron chi connectivity index (χ3n) is 3.27. The minimum atomic E-state index is -0.333. The van der Waals surface area contributed by atoms with Crippen LogP contribution >= 0.6 is 11.8 Å². The minimum absolute atomic E-state index is 0.0826. The van der Waals surface area contributed by atoms with Gasteiger partial charge in [0, 0.05) is 43.7 Å². The van der Waals surface area contributed by atoms with Crippen molar-refractivity contribution in [3.05, 3.63) is 32.6 Å². The van der Waals surface area contributed by atoms with Crippen LogP contribution in [0.4, 0.5) is 0 Å². The maximum absolute atomic E-state index is 11.8. The van der Waals surface area contributed by atoms with Crippen molar-refractivity contribution in [3.63, 3.8) is 0 Å². The molecule has 0 aliphatic carbocycles. The van der Waals surface area contributed by atoms with Crippen molar-refractivity contribution < 1.29 is 5.11 Å². The molecule has 6 nitrogen and oxygen atoms in total. The van der Waals surface area contributed by atoms with Crippen molar-refractivity contribution in [2.75, 3.05) is 12.9 Å². The van der Waals surface area contributed by atoms with Gasteiger partial charge in [-0.15, -0.1) is 0 Å². The Balaban J connectivity index is 2.85. The number of aromatic nitrogens is 2. The third kappa shape index (κ3) is 3.71. The predicted octanol–water partition coefficient (Wildman–Crippen LogP) is -0.714. The van der Waals surface area contributed by atoms with Crippen LogP contribution in [0.25, 0.3) is 0 Å². The summed E-state index contributed by atoms with van der Waals surface area (Å²) >= 11 is 1.58. The van der Waals surface area contributed by atoms with Crippen molar-refractivity contribution in [2.45, 2.75) is 24.8 Å². The molecule has 0 saturated carbocycles. The van der Waals surface area contributed by atoms with Gasteiger partial charge < -0.3 is 10.4 Å². The molecule has 0 radical (unpaired) electrons. The lowest BCUT2D eigenvalue weighted by molar-refractivity contribution is 0.275. The maximum atomic E-state index is 11.8. The molecule has 7 heteroatoms. The van der Waals surface area contributed by atoms with Crippen molar-refractivity contribution in [1.29, 1.82) is 0 Å². The fraction of sp³-hybridized carbons (Fsp3) is 0.667. The molecule has 0 spiro atoms. The maximum Gasteiger partial charge on any atom is 0.330 e. The molecular formula is C12H21N3O3S. The molecule has 1 heterocycles. The van der Waals surface area contributed by atoms with Gasteiger partial charge in [0.2, 0.25) is 0 Å². The highest BCUT2D eigenvalue weighted by atomic mass is 32.2. The molecule has 19 heavy (non-hydrogen) atoms. The highest BCUT2D eigenvalue weighted by Crippen LogP contribution is 2.10. The largest absolute Gasteiger partial charge is 0.395 e. The lowest BCUT2D eigenvalue weighted by Crippen LogP contribution is -2.41. The number of thioether (sulfide) groups is 1. The Hall–Kier alpha value is -1.05. The highest BCUT2D eigenvalue weighted by molar-refractivity contribution is 7.99. The quantitative estimate of drug-likeness (QED) is 0.722. The molecular weight excluding hydrogens is 266 g/mol. The zero-order chi connectivity index (χ0) is 14.6. The second-order valence-corrected chi connectivity index (χ2v) is 5.58. The van der Waals surface area contributed by atoms with Crippen LogP contribution in [0, 0.1) is 0 Å². The lowest BCUT2D eigenvalue weighted by atomic mass is 10.2. The molecule has 0 amide bonds. The van der Waals surface area contributed by atoms with Crippen LogP contribution in [0.5, 0.6) is 0 Å². The topological polar surface area (TPSA) is 76.3 Å². The zero-order valence-electron chi connectivity index (χ0n) is 11.7. The summed E-state index contributed by atoms with van der Waals surface area (Å²) in [6.07, 6.45) is 1.94. The Bertz CT molecular complexity index is 534. The third-order valence-corrected chi connectivity index (χ3v) is 4.43. The van der Waals surface area contributed by atoms with Crippen molar-refractivity contribution in [1.82, 2.24) is 14.5 Å². The normalized spacial score (nSPS) is 14.4. The monoisotopic (exact) mass is 287 g/mol. The summed E-state index contributed by atoms with van der Waals surface area (Å²) in [6, 6.07) is 1.54. The number of hydrogen-bond donors (Lipinski definition) is 2. The van der Waals surface area contributed by atoms with Crippen LogP contribution < -0.4 is 16.6 Å². The summed E-state index contributed by atoms with van der Waals surface area (Å²) < 4.78 is 2.53. The van der Waals surface area contributed by atoms with Gasteiger partial charge in [0.25, 0.3) is 5.56 Å². The van der Waals surface area contributed by atoms with E-state index >= 15 is 0 Å². The number of aliphatic hydroxyl groups is 1. The second-order valence-electron chi connectivity index (χ2n) is 4.50. The van der Waals surface area contributed by atoms with Gasteiger partial charge in [-0.25, -0.2) is 4.79 Å². The highest BCUT2D eigenvalue weighted by Gasteiger charge is 2.15. The Morgan fingerprint density at radius 3 is 2.53 bits per heavy atom. The second kappa shape index (κ2) is 6.93. The van der Waals surface area contributed by atoms with Crippen LogP contribution in [0.3, 0.4) is 0 Å². The number of hydrogen-bond acceptors (Lipinski definition) is 5. The summed E-state index contributed by atoms with van der Waals surface area (Å²) in [5.74, 6) is 0. The molecule has 0 fully saturated rings. The van der Waals surface area contributed by atoms with Gasteiger partial charge in [-0.05, 0) is 13.2 Å². The van der Waals surface area contributed by atoms with E-state index in [9.17, 15) is 14.7 Å². The smallest absolute Gasteiger partial charge is 0.330 e. The molecule has 2 unspecified atom stereocenters. The Kier molecular flexibility index (Phi) is 5.84. The average Bonchev–Trinajstić information content (AvgIpc) is 2.40. The Morgan fingerprint density at radius 2 is 2.00 bits per heavy atom. The molecule has 0 aromatic carbocycles. The molecule has 2 atom stereocenters.